The maximum absolute atomic E-state index is 12.0. The quantitative estimate of drug-likeness (QED) is 0.744. The van der Waals surface area contributed by atoms with Gasteiger partial charge in [-0.3, -0.25) is 4.79 Å². The molecule has 0 bridgehead atoms. The van der Waals surface area contributed by atoms with Crippen molar-refractivity contribution < 1.29 is 22.7 Å². The lowest BCUT2D eigenvalue weighted by Gasteiger charge is -2.10. The lowest BCUT2D eigenvalue weighted by molar-refractivity contribution is 0.101. The van der Waals surface area contributed by atoms with Crippen molar-refractivity contribution in [3.05, 3.63) is 29.8 Å². The molecule has 0 radical (unpaired) electrons. The third-order valence-corrected chi connectivity index (χ3v) is 4.79. The van der Waals surface area contributed by atoms with E-state index in [9.17, 15) is 13.2 Å². The fourth-order valence-electron chi connectivity index (χ4n) is 2.20. The third kappa shape index (κ3) is 4.05. The zero-order valence-electron chi connectivity index (χ0n) is 11.4. The second kappa shape index (κ2) is 6.37. The van der Waals surface area contributed by atoms with E-state index in [0.717, 1.165) is 12.8 Å². The molecule has 6 heteroatoms. The highest BCUT2D eigenvalue weighted by atomic mass is 32.2. The van der Waals surface area contributed by atoms with Crippen LogP contribution in [0.4, 0.5) is 0 Å². The molecule has 110 valence electrons. The van der Waals surface area contributed by atoms with Crippen molar-refractivity contribution >= 4 is 15.6 Å². The van der Waals surface area contributed by atoms with Crippen molar-refractivity contribution in [2.24, 2.45) is 0 Å². The predicted molar refractivity (Wildman–Crippen MR) is 75.0 cm³/mol. The summed E-state index contributed by atoms with van der Waals surface area (Å²) < 4.78 is 34.3. The standard InChI is InChI=1S/C14H18O5S/c1-18-12-5-2-4-11(8-12)14(15)10-20(16,17)9-13-6-3-7-19-13/h2,4-5,8,13H,3,6-7,9-10H2,1H3. The summed E-state index contributed by atoms with van der Waals surface area (Å²) in [6.45, 7) is 0.601. The Morgan fingerprint density at radius 2 is 2.25 bits per heavy atom. The number of ether oxygens (including phenoxy) is 2. The number of sulfone groups is 1. The second-order valence-corrected chi connectivity index (χ2v) is 6.95. The van der Waals surface area contributed by atoms with E-state index in [-0.39, 0.29) is 11.9 Å². The number of hydrogen-bond acceptors (Lipinski definition) is 5. The Morgan fingerprint density at radius 1 is 1.45 bits per heavy atom. The van der Waals surface area contributed by atoms with Gasteiger partial charge in [0.15, 0.2) is 15.6 Å². The van der Waals surface area contributed by atoms with Crippen molar-refractivity contribution in [2.75, 3.05) is 25.2 Å². The SMILES string of the molecule is COc1cccc(C(=O)CS(=O)(=O)CC2CCCO2)c1. The normalized spacial score (nSPS) is 18.9. The molecule has 0 saturated carbocycles. The lowest BCUT2D eigenvalue weighted by atomic mass is 10.1. The Bertz CT molecular complexity index is 573. The Kier molecular flexibility index (Phi) is 4.77. The smallest absolute Gasteiger partial charge is 0.178 e. The van der Waals surface area contributed by atoms with Gasteiger partial charge in [0.25, 0.3) is 0 Å². The highest BCUT2D eigenvalue weighted by molar-refractivity contribution is 7.92. The van der Waals surface area contributed by atoms with E-state index < -0.39 is 21.4 Å². The molecule has 0 N–H and O–H groups in total. The lowest BCUT2D eigenvalue weighted by Crippen LogP contribution is -2.26. The van der Waals surface area contributed by atoms with Crippen molar-refractivity contribution in [3.63, 3.8) is 0 Å². The molecule has 1 atom stereocenters. The Labute approximate surface area is 118 Å². The largest absolute Gasteiger partial charge is 0.497 e. The Hall–Kier alpha value is -1.40. The highest BCUT2D eigenvalue weighted by Gasteiger charge is 2.25. The molecule has 1 heterocycles. The van der Waals surface area contributed by atoms with E-state index in [0.29, 0.717) is 17.9 Å². The minimum Gasteiger partial charge on any atom is -0.497 e. The fourth-order valence-corrected chi connectivity index (χ4v) is 3.71. The summed E-state index contributed by atoms with van der Waals surface area (Å²) in [6.07, 6.45) is 1.36. The van der Waals surface area contributed by atoms with Gasteiger partial charge in [-0.15, -0.1) is 0 Å². The van der Waals surface area contributed by atoms with Crippen LogP contribution < -0.4 is 4.74 Å². The van der Waals surface area contributed by atoms with Gasteiger partial charge in [-0.2, -0.15) is 0 Å². The van der Waals surface area contributed by atoms with Crippen LogP contribution >= 0.6 is 0 Å². The first kappa shape index (κ1) is 15.0. The molecule has 0 amide bonds. The van der Waals surface area contributed by atoms with Gasteiger partial charge in [0, 0.05) is 12.2 Å². The first-order valence-corrected chi connectivity index (χ1v) is 8.31. The van der Waals surface area contributed by atoms with E-state index in [2.05, 4.69) is 0 Å². The van der Waals surface area contributed by atoms with E-state index in [1.807, 2.05) is 0 Å². The van der Waals surface area contributed by atoms with Crippen molar-refractivity contribution in [2.45, 2.75) is 18.9 Å². The monoisotopic (exact) mass is 298 g/mol. The van der Waals surface area contributed by atoms with Crippen LogP contribution in [-0.2, 0) is 14.6 Å². The van der Waals surface area contributed by atoms with Crippen molar-refractivity contribution in [1.82, 2.24) is 0 Å². The number of methoxy groups -OCH3 is 1. The van der Waals surface area contributed by atoms with E-state index >= 15 is 0 Å². The zero-order valence-corrected chi connectivity index (χ0v) is 12.2. The van der Waals surface area contributed by atoms with Crippen LogP contribution in [0, 0.1) is 0 Å². The number of carbonyl (C=O) groups is 1. The molecule has 1 aliphatic rings. The molecule has 0 spiro atoms. The minimum absolute atomic E-state index is 0.0806. The van der Waals surface area contributed by atoms with Crippen LogP contribution in [0.1, 0.15) is 23.2 Å². The van der Waals surface area contributed by atoms with Gasteiger partial charge >= 0.3 is 0 Å². The Morgan fingerprint density at radius 3 is 2.90 bits per heavy atom. The van der Waals surface area contributed by atoms with E-state index in [1.54, 1.807) is 24.3 Å². The average Bonchev–Trinajstić information content (AvgIpc) is 2.90. The predicted octanol–water partition coefficient (Wildman–Crippen LogP) is 1.47. The highest BCUT2D eigenvalue weighted by Crippen LogP contribution is 2.16. The number of Topliss-reactive ketones (excluding diaryl/α,β-unsaturated/α-hetero) is 1. The minimum atomic E-state index is -3.45. The number of benzene rings is 1. The van der Waals surface area contributed by atoms with Crippen molar-refractivity contribution in [1.29, 1.82) is 0 Å². The van der Waals surface area contributed by atoms with Crippen LogP contribution in [0.25, 0.3) is 0 Å². The summed E-state index contributed by atoms with van der Waals surface area (Å²) in [6, 6.07) is 6.51. The number of rotatable bonds is 6. The van der Waals surface area contributed by atoms with Gasteiger partial charge in [-0.25, -0.2) is 8.42 Å². The third-order valence-electron chi connectivity index (χ3n) is 3.21. The Balaban J connectivity index is 2.02. The molecule has 1 aromatic rings. The average molecular weight is 298 g/mol. The maximum Gasteiger partial charge on any atom is 0.178 e. The molecule has 1 aliphatic heterocycles. The molecule has 0 aromatic heterocycles. The van der Waals surface area contributed by atoms with Gasteiger partial charge in [-0.1, -0.05) is 12.1 Å². The first-order valence-electron chi connectivity index (χ1n) is 6.49. The summed E-state index contributed by atoms with van der Waals surface area (Å²) in [5, 5.41) is 0. The molecule has 1 saturated heterocycles. The second-order valence-electron chi connectivity index (χ2n) is 4.84. The van der Waals surface area contributed by atoms with Gasteiger partial charge in [0.1, 0.15) is 11.5 Å². The topological polar surface area (TPSA) is 69.7 Å². The van der Waals surface area contributed by atoms with Gasteiger partial charge in [0.2, 0.25) is 0 Å². The molecule has 20 heavy (non-hydrogen) atoms. The zero-order chi connectivity index (χ0) is 14.6. The summed E-state index contributed by atoms with van der Waals surface area (Å²) >= 11 is 0. The van der Waals surface area contributed by atoms with Crippen LogP contribution in [0.15, 0.2) is 24.3 Å². The molecule has 1 fully saturated rings. The number of ketones is 1. The van der Waals surface area contributed by atoms with Gasteiger partial charge in [0.05, 0.1) is 19.0 Å². The van der Waals surface area contributed by atoms with Crippen LogP contribution in [-0.4, -0.2) is 45.5 Å². The molecule has 1 unspecified atom stereocenters. The molecule has 0 aliphatic carbocycles. The van der Waals surface area contributed by atoms with Crippen molar-refractivity contribution in [3.8, 4) is 5.75 Å². The molecule has 2 rings (SSSR count). The van der Waals surface area contributed by atoms with Crippen LogP contribution in [0.3, 0.4) is 0 Å². The van der Waals surface area contributed by atoms with Gasteiger partial charge < -0.3 is 9.47 Å². The molecule has 1 aromatic carbocycles. The summed E-state index contributed by atoms with van der Waals surface area (Å²) in [4.78, 5) is 12.0. The van der Waals surface area contributed by atoms with Gasteiger partial charge in [-0.05, 0) is 25.0 Å². The maximum atomic E-state index is 12.0. The summed E-state index contributed by atoms with van der Waals surface area (Å²) in [7, 11) is -1.95. The summed E-state index contributed by atoms with van der Waals surface area (Å²) in [5.41, 5.74) is 0.347. The molecule has 5 nitrogen and oxygen atoms in total. The fraction of sp³-hybridized carbons (Fsp3) is 0.500. The van der Waals surface area contributed by atoms with E-state index in [1.165, 1.54) is 7.11 Å². The van der Waals surface area contributed by atoms with E-state index in [4.69, 9.17) is 9.47 Å². The molecular weight excluding hydrogens is 280 g/mol. The van der Waals surface area contributed by atoms with Crippen LogP contribution in [0.5, 0.6) is 5.75 Å². The first-order chi connectivity index (χ1) is 9.50. The molecular formula is C14H18O5S. The van der Waals surface area contributed by atoms with Crippen LogP contribution in [0.2, 0.25) is 0 Å². The summed E-state index contributed by atoms with van der Waals surface area (Å²) in [5.74, 6) is -0.447. The number of carbonyl (C=O) groups excluding carboxylic acids is 1. The number of hydrogen-bond donors (Lipinski definition) is 0.